The van der Waals surface area contributed by atoms with Gasteiger partial charge in [-0.05, 0) is 61.8 Å². The second kappa shape index (κ2) is 7.37. The molecule has 0 radical (unpaired) electrons. The number of hydrogen-bond acceptors (Lipinski definition) is 4. The molecule has 0 aliphatic carbocycles. The molecule has 4 heteroatoms. The van der Waals surface area contributed by atoms with Gasteiger partial charge in [0, 0.05) is 25.8 Å². The highest BCUT2D eigenvalue weighted by Crippen LogP contribution is 2.33. The summed E-state index contributed by atoms with van der Waals surface area (Å²) in [7, 11) is 0. The van der Waals surface area contributed by atoms with E-state index in [2.05, 4.69) is 28.1 Å². The van der Waals surface area contributed by atoms with Crippen LogP contribution in [0.25, 0.3) is 0 Å². The normalized spacial score (nSPS) is 22.9. The second-order valence-electron chi connectivity index (χ2n) is 7.87. The molecule has 0 saturated carbocycles. The summed E-state index contributed by atoms with van der Waals surface area (Å²) in [4.78, 5) is 6.97. The summed E-state index contributed by atoms with van der Waals surface area (Å²) in [5.74, 6) is 1.66. The molecule has 3 heterocycles. The molecule has 1 aromatic heterocycles. The molecule has 0 spiro atoms. The van der Waals surface area contributed by atoms with Crippen LogP contribution >= 0.6 is 0 Å². The van der Waals surface area contributed by atoms with Gasteiger partial charge in [0.2, 0.25) is 0 Å². The molecular formula is C22H28N2O2. The molecule has 2 aromatic rings. The molecule has 1 fully saturated rings. The van der Waals surface area contributed by atoms with Crippen molar-refractivity contribution >= 4 is 0 Å². The molecule has 4 rings (SSSR count). The Morgan fingerprint density at radius 3 is 2.77 bits per heavy atom. The third kappa shape index (κ3) is 3.76. The number of para-hydroxylation sites is 1. The Morgan fingerprint density at radius 2 is 2.00 bits per heavy atom. The number of piperidine rings is 1. The zero-order chi connectivity index (χ0) is 18.0. The molecule has 1 N–H and O–H groups in total. The van der Waals surface area contributed by atoms with E-state index in [0.29, 0.717) is 5.92 Å². The zero-order valence-corrected chi connectivity index (χ0v) is 15.5. The number of aromatic nitrogens is 1. The lowest BCUT2D eigenvalue weighted by Crippen LogP contribution is -2.44. The molecule has 2 aliphatic rings. The SMILES string of the molecule is Cc1ccc(C2(O)CCN(C[C@@H]3CCOc4ccccc4C3)CC2)nc1. The van der Waals surface area contributed by atoms with E-state index in [0.717, 1.165) is 68.9 Å². The standard InChI is InChI=1S/C22H28N2O2/c1-17-6-7-21(23-15-17)22(25)9-11-24(12-10-22)16-18-8-13-26-20-5-3-2-4-19(20)14-18/h2-7,15,18,25H,8-14,16H2,1H3/t18-/m1/s1. The first-order valence-electron chi connectivity index (χ1n) is 9.71. The lowest BCUT2D eigenvalue weighted by Gasteiger charge is -2.39. The topological polar surface area (TPSA) is 45.6 Å². The highest BCUT2D eigenvalue weighted by Gasteiger charge is 2.35. The Bertz CT molecular complexity index is 736. The maximum absolute atomic E-state index is 11.0. The van der Waals surface area contributed by atoms with E-state index in [-0.39, 0.29) is 0 Å². The Balaban J connectivity index is 1.36. The second-order valence-corrected chi connectivity index (χ2v) is 7.87. The Labute approximate surface area is 155 Å². The van der Waals surface area contributed by atoms with Gasteiger partial charge in [-0.1, -0.05) is 24.3 Å². The van der Waals surface area contributed by atoms with E-state index in [1.165, 1.54) is 5.56 Å². The van der Waals surface area contributed by atoms with E-state index in [1.54, 1.807) is 0 Å². The van der Waals surface area contributed by atoms with Crippen LogP contribution in [-0.4, -0.2) is 41.2 Å². The number of aliphatic hydroxyl groups is 1. The van der Waals surface area contributed by atoms with Crippen molar-refractivity contribution < 1.29 is 9.84 Å². The monoisotopic (exact) mass is 352 g/mol. The Morgan fingerprint density at radius 1 is 1.19 bits per heavy atom. The van der Waals surface area contributed by atoms with Crippen LogP contribution in [0.3, 0.4) is 0 Å². The van der Waals surface area contributed by atoms with Crippen molar-refractivity contribution in [3.8, 4) is 5.75 Å². The third-order valence-electron chi connectivity index (χ3n) is 5.85. The van der Waals surface area contributed by atoms with Crippen LogP contribution in [0.2, 0.25) is 0 Å². The van der Waals surface area contributed by atoms with Gasteiger partial charge in [0.05, 0.1) is 12.3 Å². The number of rotatable bonds is 3. The largest absolute Gasteiger partial charge is 0.493 e. The minimum atomic E-state index is -0.774. The number of pyridine rings is 1. The molecule has 0 bridgehead atoms. The number of ether oxygens (including phenoxy) is 1. The summed E-state index contributed by atoms with van der Waals surface area (Å²) in [5.41, 5.74) is 2.50. The summed E-state index contributed by atoms with van der Waals surface area (Å²) in [6, 6.07) is 12.4. The molecule has 4 nitrogen and oxygen atoms in total. The van der Waals surface area contributed by atoms with Crippen molar-refractivity contribution in [3.63, 3.8) is 0 Å². The summed E-state index contributed by atoms with van der Waals surface area (Å²) in [5, 5.41) is 11.0. The fourth-order valence-electron chi connectivity index (χ4n) is 4.19. The van der Waals surface area contributed by atoms with Gasteiger partial charge in [0.15, 0.2) is 0 Å². The summed E-state index contributed by atoms with van der Waals surface area (Å²) >= 11 is 0. The molecule has 0 unspecified atom stereocenters. The van der Waals surface area contributed by atoms with Crippen molar-refractivity contribution in [1.82, 2.24) is 9.88 Å². The van der Waals surface area contributed by atoms with Gasteiger partial charge in [0.1, 0.15) is 11.4 Å². The van der Waals surface area contributed by atoms with Gasteiger partial charge < -0.3 is 14.7 Å². The van der Waals surface area contributed by atoms with Crippen LogP contribution in [0, 0.1) is 12.8 Å². The van der Waals surface area contributed by atoms with Crippen LogP contribution in [0.15, 0.2) is 42.6 Å². The van der Waals surface area contributed by atoms with E-state index in [4.69, 9.17) is 4.74 Å². The quantitative estimate of drug-likeness (QED) is 0.920. The number of nitrogens with zero attached hydrogens (tertiary/aromatic N) is 2. The third-order valence-corrected chi connectivity index (χ3v) is 5.85. The molecule has 1 aromatic carbocycles. The summed E-state index contributed by atoms with van der Waals surface area (Å²) in [6.45, 7) is 5.75. The predicted molar refractivity (Wildman–Crippen MR) is 102 cm³/mol. The average molecular weight is 352 g/mol. The molecule has 1 atom stereocenters. The van der Waals surface area contributed by atoms with Crippen molar-refractivity contribution in [1.29, 1.82) is 0 Å². The predicted octanol–water partition coefficient (Wildman–Crippen LogP) is 3.31. The Hall–Kier alpha value is -1.91. The van der Waals surface area contributed by atoms with Gasteiger partial charge in [-0.3, -0.25) is 4.98 Å². The lowest BCUT2D eigenvalue weighted by atomic mass is 9.86. The number of fused-ring (bicyclic) bond motifs is 1. The van der Waals surface area contributed by atoms with Gasteiger partial charge in [-0.15, -0.1) is 0 Å². The number of likely N-dealkylation sites (tertiary alicyclic amines) is 1. The smallest absolute Gasteiger partial charge is 0.122 e. The van der Waals surface area contributed by atoms with Crippen LogP contribution in [0.1, 0.15) is 36.1 Å². The number of benzene rings is 1. The number of aryl methyl sites for hydroxylation is 1. The maximum Gasteiger partial charge on any atom is 0.122 e. The first-order valence-corrected chi connectivity index (χ1v) is 9.71. The van der Waals surface area contributed by atoms with E-state index >= 15 is 0 Å². The van der Waals surface area contributed by atoms with Gasteiger partial charge in [-0.2, -0.15) is 0 Å². The maximum atomic E-state index is 11.0. The fourth-order valence-corrected chi connectivity index (χ4v) is 4.19. The first-order chi connectivity index (χ1) is 12.6. The van der Waals surface area contributed by atoms with Gasteiger partial charge in [0.25, 0.3) is 0 Å². The van der Waals surface area contributed by atoms with Crippen LogP contribution in [0.4, 0.5) is 0 Å². The highest BCUT2D eigenvalue weighted by molar-refractivity contribution is 5.34. The van der Waals surface area contributed by atoms with E-state index in [1.807, 2.05) is 31.3 Å². The highest BCUT2D eigenvalue weighted by atomic mass is 16.5. The fraction of sp³-hybridized carbons (Fsp3) is 0.500. The van der Waals surface area contributed by atoms with Crippen LogP contribution in [0.5, 0.6) is 5.75 Å². The van der Waals surface area contributed by atoms with Crippen molar-refractivity contribution in [2.45, 2.75) is 38.2 Å². The minimum absolute atomic E-state index is 0.613. The zero-order valence-electron chi connectivity index (χ0n) is 15.5. The van der Waals surface area contributed by atoms with Crippen LogP contribution < -0.4 is 4.74 Å². The molecule has 0 amide bonds. The van der Waals surface area contributed by atoms with E-state index < -0.39 is 5.60 Å². The van der Waals surface area contributed by atoms with Gasteiger partial charge in [-0.25, -0.2) is 0 Å². The van der Waals surface area contributed by atoms with Crippen molar-refractivity contribution in [2.24, 2.45) is 5.92 Å². The van der Waals surface area contributed by atoms with Crippen LogP contribution in [-0.2, 0) is 12.0 Å². The van der Waals surface area contributed by atoms with Gasteiger partial charge >= 0.3 is 0 Å². The lowest BCUT2D eigenvalue weighted by molar-refractivity contribution is -0.0324. The summed E-state index contributed by atoms with van der Waals surface area (Å²) in [6.07, 6.45) is 5.53. The molecule has 26 heavy (non-hydrogen) atoms. The minimum Gasteiger partial charge on any atom is -0.493 e. The van der Waals surface area contributed by atoms with E-state index in [9.17, 15) is 5.11 Å². The van der Waals surface area contributed by atoms with Crippen molar-refractivity contribution in [3.05, 3.63) is 59.4 Å². The molecular weight excluding hydrogens is 324 g/mol. The average Bonchev–Trinajstić information content (AvgIpc) is 2.86. The first kappa shape index (κ1) is 17.5. The molecule has 138 valence electrons. The van der Waals surface area contributed by atoms with Crippen molar-refractivity contribution in [2.75, 3.05) is 26.2 Å². The summed E-state index contributed by atoms with van der Waals surface area (Å²) < 4.78 is 5.90. The molecule has 1 saturated heterocycles. The molecule has 2 aliphatic heterocycles. The Kier molecular flexibility index (Phi) is 4.96. The number of hydrogen-bond donors (Lipinski definition) is 1.